The Balaban J connectivity index is 1.73. The lowest BCUT2D eigenvalue weighted by atomic mass is 10.2. The van der Waals surface area contributed by atoms with E-state index in [1.54, 1.807) is 11.8 Å². The van der Waals surface area contributed by atoms with Gasteiger partial charge in [0.2, 0.25) is 11.9 Å². The molecule has 0 saturated carbocycles. The summed E-state index contributed by atoms with van der Waals surface area (Å²) in [5.74, 6) is 1.53. The number of hydrogen-bond donors (Lipinski definition) is 2. The highest BCUT2D eigenvalue weighted by Gasteiger charge is 2.04. The molecule has 6 heteroatoms. The van der Waals surface area contributed by atoms with Crippen LogP contribution in [-0.2, 0) is 10.5 Å². The average Bonchev–Trinajstić information content (AvgIpc) is 2.82. The van der Waals surface area contributed by atoms with Gasteiger partial charge in [-0.05, 0) is 12.5 Å². The summed E-state index contributed by atoms with van der Waals surface area (Å²) in [6.07, 6.45) is 1.36. The zero-order valence-electron chi connectivity index (χ0n) is 10.0. The molecule has 1 aromatic heterocycles. The molecule has 1 heterocycles. The van der Waals surface area contributed by atoms with Crippen LogP contribution < -0.4 is 5.32 Å². The minimum Gasteiger partial charge on any atom is -0.294 e. The first kappa shape index (κ1) is 12.6. The van der Waals surface area contributed by atoms with E-state index in [9.17, 15) is 4.79 Å². The zero-order chi connectivity index (χ0) is 12.8. The highest BCUT2D eigenvalue weighted by atomic mass is 32.2. The average molecular weight is 262 g/mol. The zero-order valence-corrected chi connectivity index (χ0v) is 10.8. The fourth-order valence-electron chi connectivity index (χ4n) is 1.50. The predicted octanol–water partition coefficient (Wildman–Crippen LogP) is 1.99. The van der Waals surface area contributed by atoms with E-state index in [1.165, 1.54) is 17.5 Å². The van der Waals surface area contributed by atoms with Gasteiger partial charge in [0.25, 0.3) is 0 Å². The Bertz CT molecular complexity index is 513. The largest absolute Gasteiger partial charge is 0.294 e. The SMILES string of the molecule is Cc1cccc(CSCC(=O)Nc2ncn[nH]2)c1. The van der Waals surface area contributed by atoms with Gasteiger partial charge >= 0.3 is 0 Å². The molecule has 0 saturated heterocycles. The van der Waals surface area contributed by atoms with Crippen molar-refractivity contribution in [2.45, 2.75) is 12.7 Å². The molecule has 0 aliphatic rings. The Morgan fingerprint density at radius 1 is 1.50 bits per heavy atom. The Morgan fingerprint density at radius 3 is 3.11 bits per heavy atom. The summed E-state index contributed by atoms with van der Waals surface area (Å²) in [5, 5.41) is 8.87. The molecule has 94 valence electrons. The number of carbonyl (C=O) groups excluding carboxylic acids is 1. The van der Waals surface area contributed by atoms with Crippen LogP contribution in [0.5, 0.6) is 0 Å². The molecule has 0 spiro atoms. The molecule has 1 aromatic carbocycles. The van der Waals surface area contributed by atoms with Gasteiger partial charge in [-0.25, -0.2) is 5.10 Å². The molecule has 18 heavy (non-hydrogen) atoms. The molecule has 0 aliphatic carbocycles. The lowest BCUT2D eigenvalue weighted by Crippen LogP contribution is -2.15. The van der Waals surface area contributed by atoms with Crippen LogP contribution in [0.3, 0.4) is 0 Å². The maximum atomic E-state index is 11.5. The number of nitrogens with zero attached hydrogens (tertiary/aromatic N) is 2. The number of rotatable bonds is 5. The summed E-state index contributed by atoms with van der Waals surface area (Å²) in [7, 11) is 0. The Morgan fingerprint density at radius 2 is 2.39 bits per heavy atom. The molecule has 2 rings (SSSR count). The molecule has 0 aliphatic heterocycles. The normalized spacial score (nSPS) is 10.3. The number of carbonyl (C=O) groups is 1. The summed E-state index contributed by atoms with van der Waals surface area (Å²) in [5.41, 5.74) is 2.46. The number of nitrogens with one attached hydrogen (secondary N) is 2. The molecule has 0 unspecified atom stereocenters. The third-order valence-corrected chi connectivity index (χ3v) is 3.26. The fraction of sp³-hybridized carbons (Fsp3) is 0.250. The van der Waals surface area contributed by atoms with Crippen molar-refractivity contribution in [2.24, 2.45) is 0 Å². The first-order chi connectivity index (χ1) is 8.74. The van der Waals surface area contributed by atoms with Gasteiger partial charge in [0.15, 0.2) is 0 Å². The molecule has 5 nitrogen and oxygen atoms in total. The van der Waals surface area contributed by atoms with Crippen molar-refractivity contribution in [3.8, 4) is 0 Å². The van der Waals surface area contributed by atoms with Crippen LogP contribution in [0, 0.1) is 6.92 Å². The first-order valence-corrected chi connectivity index (χ1v) is 6.68. The smallest absolute Gasteiger partial charge is 0.236 e. The van der Waals surface area contributed by atoms with Crippen LogP contribution >= 0.6 is 11.8 Å². The van der Waals surface area contributed by atoms with Gasteiger partial charge < -0.3 is 0 Å². The van der Waals surface area contributed by atoms with Crippen molar-refractivity contribution in [3.05, 3.63) is 41.7 Å². The second-order valence-electron chi connectivity index (χ2n) is 3.86. The fourth-order valence-corrected chi connectivity index (χ4v) is 2.27. The van der Waals surface area contributed by atoms with Crippen molar-refractivity contribution in [1.29, 1.82) is 0 Å². The molecule has 2 aromatic rings. The lowest BCUT2D eigenvalue weighted by molar-refractivity contribution is -0.113. The number of H-pyrrole nitrogens is 1. The summed E-state index contributed by atoms with van der Waals surface area (Å²) in [6, 6.07) is 8.28. The highest BCUT2D eigenvalue weighted by molar-refractivity contribution is 7.99. The van der Waals surface area contributed by atoms with Crippen LogP contribution in [0.4, 0.5) is 5.95 Å². The van der Waals surface area contributed by atoms with Crippen LogP contribution in [0.15, 0.2) is 30.6 Å². The van der Waals surface area contributed by atoms with E-state index >= 15 is 0 Å². The predicted molar refractivity (Wildman–Crippen MR) is 72.4 cm³/mol. The number of aromatic nitrogens is 3. The number of hydrogen-bond acceptors (Lipinski definition) is 4. The summed E-state index contributed by atoms with van der Waals surface area (Å²) in [4.78, 5) is 15.4. The van der Waals surface area contributed by atoms with Crippen LogP contribution in [0.2, 0.25) is 0 Å². The summed E-state index contributed by atoms with van der Waals surface area (Å²) in [6.45, 7) is 2.06. The van der Waals surface area contributed by atoms with Gasteiger partial charge in [-0.1, -0.05) is 29.8 Å². The molecule has 0 radical (unpaired) electrons. The Labute approximate surface area is 109 Å². The Kier molecular flexibility index (Phi) is 4.35. The number of benzene rings is 1. The maximum absolute atomic E-state index is 11.5. The van der Waals surface area contributed by atoms with Crippen LogP contribution in [-0.4, -0.2) is 26.8 Å². The van der Waals surface area contributed by atoms with Gasteiger partial charge in [-0.15, -0.1) is 11.8 Å². The molecule has 0 fully saturated rings. The van der Waals surface area contributed by atoms with E-state index in [2.05, 4.69) is 45.6 Å². The monoisotopic (exact) mass is 262 g/mol. The van der Waals surface area contributed by atoms with E-state index in [0.717, 1.165) is 5.75 Å². The second-order valence-corrected chi connectivity index (χ2v) is 4.85. The number of amides is 1. The molecule has 0 bridgehead atoms. The van der Waals surface area contributed by atoms with Crippen molar-refractivity contribution in [2.75, 3.05) is 11.1 Å². The van der Waals surface area contributed by atoms with Crippen LogP contribution in [0.1, 0.15) is 11.1 Å². The first-order valence-electron chi connectivity index (χ1n) is 5.52. The van der Waals surface area contributed by atoms with Gasteiger partial charge in [-0.2, -0.15) is 10.1 Å². The third-order valence-electron chi connectivity index (χ3n) is 2.26. The standard InChI is InChI=1S/C12H14N4OS/c1-9-3-2-4-10(5-9)6-18-7-11(17)15-12-13-8-14-16-12/h2-5,8H,6-7H2,1H3,(H2,13,14,15,16,17). The van der Waals surface area contributed by atoms with Gasteiger partial charge in [0.1, 0.15) is 6.33 Å². The summed E-state index contributed by atoms with van der Waals surface area (Å²) >= 11 is 1.57. The van der Waals surface area contributed by atoms with Crippen molar-refractivity contribution < 1.29 is 4.79 Å². The van der Waals surface area contributed by atoms with Gasteiger partial charge in [0.05, 0.1) is 5.75 Å². The second kappa shape index (κ2) is 6.20. The summed E-state index contributed by atoms with van der Waals surface area (Å²) < 4.78 is 0. The molecule has 0 atom stereocenters. The van der Waals surface area contributed by atoms with E-state index in [0.29, 0.717) is 11.7 Å². The molecule has 2 N–H and O–H groups in total. The van der Waals surface area contributed by atoms with E-state index < -0.39 is 0 Å². The Hall–Kier alpha value is -1.82. The van der Waals surface area contributed by atoms with E-state index in [1.807, 2.05) is 6.07 Å². The lowest BCUT2D eigenvalue weighted by Gasteiger charge is -2.03. The van der Waals surface area contributed by atoms with Crippen LogP contribution in [0.25, 0.3) is 0 Å². The number of anilines is 1. The van der Waals surface area contributed by atoms with Crippen molar-refractivity contribution >= 4 is 23.6 Å². The molecular formula is C12H14N4OS. The maximum Gasteiger partial charge on any atom is 0.236 e. The van der Waals surface area contributed by atoms with Crippen molar-refractivity contribution in [1.82, 2.24) is 15.2 Å². The number of aromatic amines is 1. The van der Waals surface area contributed by atoms with E-state index in [-0.39, 0.29) is 5.91 Å². The third kappa shape index (κ3) is 3.89. The van der Waals surface area contributed by atoms with Gasteiger partial charge in [0, 0.05) is 5.75 Å². The minimum atomic E-state index is -0.0793. The van der Waals surface area contributed by atoms with E-state index in [4.69, 9.17) is 0 Å². The van der Waals surface area contributed by atoms with Crippen molar-refractivity contribution in [3.63, 3.8) is 0 Å². The number of aryl methyl sites for hydroxylation is 1. The molecule has 1 amide bonds. The quantitative estimate of drug-likeness (QED) is 0.864. The van der Waals surface area contributed by atoms with Gasteiger partial charge in [-0.3, -0.25) is 10.1 Å². The molecular weight excluding hydrogens is 248 g/mol. The topological polar surface area (TPSA) is 70.7 Å². The highest BCUT2D eigenvalue weighted by Crippen LogP contribution is 2.13. The minimum absolute atomic E-state index is 0.0793. The number of thioether (sulfide) groups is 1.